The zero-order chi connectivity index (χ0) is 20.8. The second kappa shape index (κ2) is 21.7. The number of nitrogens with one attached hydrogen (secondary N) is 1. The largest absolute Gasteiger partial charge is 0.312 e. The molecule has 0 bridgehead atoms. The molecule has 0 aliphatic heterocycles. The van der Waals surface area contributed by atoms with Gasteiger partial charge in [-0.15, -0.1) is 0 Å². The van der Waals surface area contributed by atoms with Gasteiger partial charge in [0.15, 0.2) is 0 Å². The van der Waals surface area contributed by atoms with Crippen LogP contribution in [0, 0.1) is 0 Å². The lowest BCUT2D eigenvalue weighted by Gasteiger charge is -2.36. The second-order valence-electron chi connectivity index (χ2n) is 9.36. The lowest BCUT2D eigenvalue weighted by atomic mass is 9.81. The summed E-state index contributed by atoms with van der Waals surface area (Å²) < 4.78 is 0. The number of unbranched alkanes of at least 4 members (excludes halogenated alkanes) is 15. The third kappa shape index (κ3) is 16.9. The highest BCUT2D eigenvalue weighted by molar-refractivity contribution is 4.87. The van der Waals surface area contributed by atoms with Crippen molar-refractivity contribution in [2.24, 2.45) is 0 Å². The molecule has 0 aromatic rings. The van der Waals surface area contributed by atoms with E-state index in [1.807, 2.05) is 0 Å². The van der Waals surface area contributed by atoms with Gasteiger partial charge in [0.05, 0.1) is 0 Å². The summed E-state index contributed by atoms with van der Waals surface area (Å²) in [7, 11) is 0. The molecule has 0 aliphatic carbocycles. The van der Waals surface area contributed by atoms with Gasteiger partial charge in [-0.1, -0.05) is 143 Å². The molecular weight excluding hydrogens is 338 g/mol. The summed E-state index contributed by atoms with van der Waals surface area (Å²) in [5, 5.41) is 4.00. The van der Waals surface area contributed by atoms with E-state index in [0.29, 0.717) is 5.54 Å². The fraction of sp³-hybridized carbons (Fsp3) is 1.00. The van der Waals surface area contributed by atoms with Gasteiger partial charge in [-0.3, -0.25) is 0 Å². The smallest absolute Gasteiger partial charge is 0.0181 e. The molecular formula is C27H57N. The van der Waals surface area contributed by atoms with Crippen LogP contribution in [0.5, 0.6) is 0 Å². The molecule has 1 nitrogen and oxygen atoms in total. The molecule has 0 saturated heterocycles. The number of hydrogen-bond donors (Lipinski definition) is 1. The Balaban J connectivity index is 4.39. The first-order valence-electron chi connectivity index (χ1n) is 13.5. The fourth-order valence-electron chi connectivity index (χ4n) is 4.75. The highest BCUT2D eigenvalue weighted by atomic mass is 15.0. The van der Waals surface area contributed by atoms with Gasteiger partial charge in [0.1, 0.15) is 0 Å². The van der Waals surface area contributed by atoms with Gasteiger partial charge in [0.2, 0.25) is 0 Å². The number of rotatable bonds is 23. The molecule has 170 valence electrons. The van der Waals surface area contributed by atoms with Crippen molar-refractivity contribution in [2.75, 3.05) is 6.54 Å². The van der Waals surface area contributed by atoms with Gasteiger partial charge in [-0.25, -0.2) is 0 Å². The molecule has 0 radical (unpaired) electrons. The summed E-state index contributed by atoms with van der Waals surface area (Å²) in [6.45, 7) is 10.4. The van der Waals surface area contributed by atoms with Gasteiger partial charge in [-0.2, -0.15) is 0 Å². The van der Waals surface area contributed by atoms with Crippen LogP contribution in [-0.4, -0.2) is 12.1 Å². The Hall–Kier alpha value is -0.0400. The van der Waals surface area contributed by atoms with Crippen LogP contribution in [0.2, 0.25) is 0 Å². The molecule has 0 aromatic heterocycles. The molecule has 0 fully saturated rings. The van der Waals surface area contributed by atoms with Gasteiger partial charge in [0.25, 0.3) is 0 Å². The molecule has 0 aliphatic rings. The van der Waals surface area contributed by atoms with E-state index in [-0.39, 0.29) is 0 Å². The zero-order valence-electron chi connectivity index (χ0n) is 20.6. The van der Waals surface area contributed by atoms with Crippen LogP contribution in [0.3, 0.4) is 0 Å². The van der Waals surface area contributed by atoms with Crippen molar-refractivity contribution >= 4 is 0 Å². The lowest BCUT2D eigenvalue weighted by Crippen LogP contribution is -2.45. The number of hydrogen-bond acceptors (Lipinski definition) is 1. The Bertz CT molecular complexity index is 245. The highest BCUT2D eigenvalue weighted by Crippen LogP contribution is 2.29. The predicted octanol–water partition coefficient (Wildman–Crippen LogP) is 9.59. The quantitative estimate of drug-likeness (QED) is 0.170. The molecule has 0 spiro atoms. The summed E-state index contributed by atoms with van der Waals surface area (Å²) in [4.78, 5) is 0. The maximum absolute atomic E-state index is 4.00. The minimum absolute atomic E-state index is 0.440. The predicted molar refractivity (Wildman–Crippen MR) is 130 cm³/mol. The van der Waals surface area contributed by atoms with Crippen LogP contribution >= 0.6 is 0 Å². The SMILES string of the molecule is CCCCCCCCC(CCCCCCCC)(CCCCCCCC)NCC. The standard InChI is InChI=1S/C27H57N/c1-5-9-12-15-18-21-24-27(28-8-4,25-22-19-16-13-10-6-2)26-23-20-17-14-11-7-3/h28H,5-26H2,1-4H3. The Morgan fingerprint density at radius 2 is 0.679 bits per heavy atom. The molecule has 0 aromatic carbocycles. The van der Waals surface area contributed by atoms with Crippen LogP contribution in [-0.2, 0) is 0 Å². The third-order valence-electron chi connectivity index (χ3n) is 6.58. The monoisotopic (exact) mass is 395 g/mol. The van der Waals surface area contributed by atoms with Crippen molar-refractivity contribution in [1.82, 2.24) is 5.32 Å². The molecule has 0 unspecified atom stereocenters. The molecule has 0 saturated carbocycles. The van der Waals surface area contributed by atoms with Crippen LogP contribution in [0.15, 0.2) is 0 Å². The Morgan fingerprint density at radius 1 is 0.393 bits per heavy atom. The van der Waals surface area contributed by atoms with Crippen molar-refractivity contribution in [1.29, 1.82) is 0 Å². The van der Waals surface area contributed by atoms with E-state index in [1.165, 1.54) is 135 Å². The fourth-order valence-corrected chi connectivity index (χ4v) is 4.75. The highest BCUT2D eigenvalue weighted by Gasteiger charge is 2.27. The minimum Gasteiger partial charge on any atom is -0.312 e. The van der Waals surface area contributed by atoms with Crippen LogP contribution < -0.4 is 5.32 Å². The topological polar surface area (TPSA) is 12.0 Å². The Morgan fingerprint density at radius 3 is 0.964 bits per heavy atom. The van der Waals surface area contributed by atoms with Crippen molar-refractivity contribution in [3.05, 3.63) is 0 Å². The average molecular weight is 396 g/mol. The first-order valence-corrected chi connectivity index (χ1v) is 13.5. The van der Waals surface area contributed by atoms with E-state index >= 15 is 0 Å². The maximum Gasteiger partial charge on any atom is 0.0181 e. The van der Waals surface area contributed by atoms with Crippen LogP contribution in [0.4, 0.5) is 0 Å². The molecule has 0 heterocycles. The van der Waals surface area contributed by atoms with Crippen LogP contribution in [0.25, 0.3) is 0 Å². The van der Waals surface area contributed by atoms with E-state index in [0.717, 1.165) is 6.54 Å². The van der Waals surface area contributed by atoms with E-state index in [2.05, 4.69) is 33.0 Å². The van der Waals surface area contributed by atoms with Crippen molar-refractivity contribution in [2.45, 2.75) is 168 Å². The van der Waals surface area contributed by atoms with E-state index in [4.69, 9.17) is 0 Å². The Kier molecular flexibility index (Phi) is 21.6. The third-order valence-corrected chi connectivity index (χ3v) is 6.58. The zero-order valence-corrected chi connectivity index (χ0v) is 20.6. The van der Waals surface area contributed by atoms with Crippen molar-refractivity contribution in [3.63, 3.8) is 0 Å². The first kappa shape index (κ1) is 28.0. The first-order chi connectivity index (χ1) is 13.7. The van der Waals surface area contributed by atoms with E-state index in [1.54, 1.807) is 0 Å². The normalized spacial score (nSPS) is 12.0. The summed E-state index contributed by atoms with van der Waals surface area (Å²) in [6, 6.07) is 0. The summed E-state index contributed by atoms with van der Waals surface area (Å²) in [5.74, 6) is 0. The summed E-state index contributed by atoms with van der Waals surface area (Å²) in [6.07, 6.45) is 29.9. The Labute approximate surface area is 180 Å². The van der Waals surface area contributed by atoms with Gasteiger partial charge < -0.3 is 5.32 Å². The van der Waals surface area contributed by atoms with E-state index in [9.17, 15) is 0 Å². The van der Waals surface area contributed by atoms with Gasteiger partial charge in [-0.05, 0) is 25.8 Å². The van der Waals surface area contributed by atoms with Crippen molar-refractivity contribution in [3.8, 4) is 0 Å². The second-order valence-corrected chi connectivity index (χ2v) is 9.36. The van der Waals surface area contributed by atoms with E-state index < -0.39 is 0 Å². The van der Waals surface area contributed by atoms with Crippen molar-refractivity contribution < 1.29 is 0 Å². The molecule has 28 heavy (non-hydrogen) atoms. The van der Waals surface area contributed by atoms with Gasteiger partial charge >= 0.3 is 0 Å². The summed E-state index contributed by atoms with van der Waals surface area (Å²) in [5.41, 5.74) is 0.440. The van der Waals surface area contributed by atoms with Gasteiger partial charge in [0, 0.05) is 5.54 Å². The molecule has 0 atom stereocenters. The van der Waals surface area contributed by atoms with Crippen LogP contribution in [0.1, 0.15) is 163 Å². The average Bonchev–Trinajstić information content (AvgIpc) is 2.70. The molecule has 1 heteroatoms. The maximum atomic E-state index is 4.00. The molecule has 0 rings (SSSR count). The lowest BCUT2D eigenvalue weighted by molar-refractivity contribution is 0.240. The molecule has 1 N–H and O–H groups in total. The molecule has 0 amide bonds. The minimum atomic E-state index is 0.440. The summed E-state index contributed by atoms with van der Waals surface area (Å²) >= 11 is 0.